The van der Waals surface area contributed by atoms with E-state index in [-0.39, 0.29) is 24.7 Å². The minimum atomic E-state index is -1.75. The SMILES string of the molecule is CC(C)C[C@H](NC(=O)[C@H](CC(N)=O)NC(=O)[C@H](CO)NC(=O)[C@@H](NC(=O)[C@@H](N)CC(C)C)[C@@H](C)O)C(=O)N[C@@H](C)C(=O)N[C@@H](CO)C(=O)O. The largest absolute Gasteiger partial charge is 0.480 e. The van der Waals surface area contributed by atoms with E-state index >= 15 is 0 Å². The number of aliphatic carboxylic acids is 1. The van der Waals surface area contributed by atoms with E-state index in [1.54, 1.807) is 13.8 Å². The second kappa shape index (κ2) is 21.5. The monoisotopic (exact) mass is 704 g/mol. The molecule has 0 saturated heterocycles. The second-order valence-corrected chi connectivity index (χ2v) is 12.4. The summed E-state index contributed by atoms with van der Waals surface area (Å²) in [6, 6.07) is -10.3. The zero-order valence-electron chi connectivity index (χ0n) is 28.5. The maximum atomic E-state index is 13.3. The number of rotatable bonds is 22. The molecule has 0 saturated carbocycles. The van der Waals surface area contributed by atoms with E-state index in [0.717, 1.165) is 0 Å². The van der Waals surface area contributed by atoms with Gasteiger partial charge >= 0.3 is 5.97 Å². The van der Waals surface area contributed by atoms with Gasteiger partial charge in [0.1, 0.15) is 36.3 Å². The fraction of sp³-hybridized carbons (Fsp3) is 0.724. The summed E-state index contributed by atoms with van der Waals surface area (Å²) in [7, 11) is 0. The Hall–Kier alpha value is -4.40. The van der Waals surface area contributed by atoms with Crippen LogP contribution in [0.25, 0.3) is 0 Å². The van der Waals surface area contributed by atoms with E-state index in [1.807, 2.05) is 19.2 Å². The van der Waals surface area contributed by atoms with E-state index in [2.05, 4.69) is 26.6 Å². The van der Waals surface area contributed by atoms with E-state index in [0.29, 0.717) is 0 Å². The molecule has 0 aliphatic carbocycles. The molecule has 20 heteroatoms. The fourth-order valence-electron chi connectivity index (χ4n) is 4.26. The summed E-state index contributed by atoms with van der Waals surface area (Å²) >= 11 is 0. The number of nitrogens with one attached hydrogen (secondary N) is 6. The summed E-state index contributed by atoms with van der Waals surface area (Å²) in [5.74, 6) is -8.64. The lowest BCUT2D eigenvalue weighted by atomic mass is 10.0. The van der Waals surface area contributed by atoms with Gasteiger partial charge in [0.25, 0.3) is 0 Å². The molecule has 0 radical (unpaired) electrons. The molecule has 20 nitrogen and oxygen atoms in total. The fourth-order valence-corrected chi connectivity index (χ4v) is 4.26. The second-order valence-electron chi connectivity index (χ2n) is 12.4. The van der Waals surface area contributed by atoms with Crippen LogP contribution in [-0.2, 0) is 38.4 Å². The third kappa shape index (κ3) is 16.5. The van der Waals surface area contributed by atoms with Crippen LogP contribution in [0.1, 0.15) is 60.8 Å². The average Bonchev–Trinajstić information content (AvgIpc) is 2.98. The molecule has 0 unspecified atom stereocenters. The first-order valence-corrected chi connectivity index (χ1v) is 15.6. The molecule has 0 aromatic rings. The van der Waals surface area contributed by atoms with E-state index in [9.17, 15) is 48.6 Å². The summed E-state index contributed by atoms with van der Waals surface area (Å²) in [5, 5.41) is 51.5. The molecule has 0 rings (SSSR count). The Labute approximate surface area is 283 Å². The molecule has 0 spiro atoms. The topological polar surface area (TPSA) is 342 Å². The molecule has 8 atom stereocenters. The first-order chi connectivity index (χ1) is 22.6. The van der Waals surface area contributed by atoms with Gasteiger partial charge in [0, 0.05) is 0 Å². The Morgan fingerprint density at radius 2 is 1.02 bits per heavy atom. The minimum absolute atomic E-state index is 0.000141. The Balaban J connectivity index is 5.84. The Morgan fingerprint density at radius 3 is 1.47 bits per heavy atom. The highest BCUT2D eigenvalue weighted by Gasteiger charge is 2.34. The molecule has 0 aromatic carbocycles. The molecule has 0 aromatic heterocycles. The van der Waals surface area contributed by atoms with Gasteiger partial charge in [-0.05, 0) is 38.5 Å². The van der Waals surface area contributed by atoms with Crippen molar-refractivity contribution in [3.8, 4) is 0 Å². The number of hydrogen-bond donors (Lipinski definition) is 12. The highest BCUT2D eigenvalue weighted by atomic mass is 16.4. The maximum Gasteiger partial charge on any atom is 0.328 e. The van der Waals surface area contributed by atoms with Crippen LogP contribution in [0.15, 0.2) is 0 Å². The van der Waals surface area contributed by atoms with E-state index < -0.39 is 115 Å². The van der Waals surface area contributed by atoms with Crippen molar-refractivity contribution in [1.82, 2.24) is 31.9 Å². The standard InChI is InChI=1S/C29H52N8O12/c1-12(2)7-16(30)24(43)37-22(15(6)40)28(47)35-19(10-38)27(46)34-18(9-21(31)41)26(45)33-17(8-13(3)4)25(44)32-14(5)23(42)36-20(11-39)29(48)49/h12-20,22,38-40H,7-11,30H2,1-6H3,(H2,31,41)(H,32,44)(H,33,45)(H,34,46)(H,35,47)(H,36,42)(H,37,43)(H,48,49)/t14-,15+,16-,17-,18-,19-,20-,22-/m0/s1. The van der Waals surface area contributed by atoms with E-state index in [4.69, 9.17) is 21.7 Å². The third-order valence-electron chi connectivity index (χ3n) is 6.87. The average molecular weight is 705 g/mol. The molecule has 7 amide bonds. The molecule has 0 fully saturated rings. The first kappa shape index (κ1) is 44.6. The highest BCUT2D eigenvalue weighted by molar-refractivity contribution is 5.98. The van der Waals surface area contributed by atoms with Crippen LogP contribution >= 0.6 is 0 Å². The molecule has 0 aliphatic heterocycles. The number of amides is 7. The molecule has 280 valence electrons. The molecular weight excluding hydrogens is 652 g/mol. The quantitative estimate of drug-likeness (QED) is 0.0501. The smallest absolute Gasteiger partial charge is 0.328 e. The number of hydrogen-bond acceptors (Lipinski definition) is 12. The van der Waals surface area contributed by atoms with Crippen LogP contribution in [-0.4, -0.2) is 129 Å². The lowest BCUT2D eigenvalue weighted by Gasteiger charge is -2.27. The summed E-state index contributed by atoms with van der Waals surface area (Å²) in [5.41, 5.74) is 11.1. The number of carboxylic acids is 1. The number of primary amides is 1. The van der Waals surface area contributed by atoms with Gasteiger partial charge in [0.15, 0.2) is 0 Å². The Morgan fingerprint density at radius 1 is 0.571 bits per heavy atom. The maximum absolute atomic E-state index is 13.3. The molecular formula is C29H52N8O12. The van der Waals surface area contributed by atoms with Gasteiger partial charge in [0.2, 0.25) is 41.4 Å². The van der Waals surface area contributed by atoms with Crippen molar-refractivity contribution in [3.05, 3.63) is 0 Å². The van der Waals surface area contributed by atoms with Crippen molar-refractivity contribution in [3.63, 3.8) is 0 Å². The third-order valence-corrected chi connectivity index (χ3v) is 6.87. The van der Waals surface area contributed by atoms with Crippen molar-refractivity contribution in [2.45, 2.75) is 109 Å². The molecule has 49 heavy (non-hydrogen) atoms. The summed E-state index contributed by atoms with van der Waals surface area (Å²) in [4.78, 5) is 100. The van der Waals surface area contributed by atoms with Crippen LogP contribution in [0.2, 0.25) is 0 Å². The van der Waals surface area contributed by atoms with Gasteiger partial charge in [-0.25, -0.2) is 4.79 Å². The van der Waals surface area contributed by atoms with Crippen molar-refractivity contribution >= 4 is 47.3 Å². The van der Waals surface area contributed by atoms with Gasteiger partial charge in [-0.3, -0.25) is 33.6 Å². The van der Waals surface area contributed by atoms with Crippen LogP contribution in [0, 0.1) is 11.8 Å². The van der Waals surface area contributed by atoms with Crippen molar-refractivity contribution < 1.29 is 58.8 Å². The normalized spacial score (nSPS) is 16.1. The van der Waals surface area contributed by atoms with E-state index in [1.165, 1.54) is 13.8 Å². The highest BCUT2D eigenvalue weighted by Crippen LogP contribution is 2.08. The van der Waals surface area contributed by atoms with Crippen LogP contribution in [0.4, 0.5) is 0 Å². The molecule has 0 bridgehead atoms. The zero-order chi connectivity index (χ0) is 38.2. The van der Waals surface area contributed by atoms with Crippen LogP contribution in [0.3, 0.4) is 0 Å². The van der Waals surface area contributed by atoms with Gasteiger partial charge < -0.3 is 63.8 Å². The van der Waals surface area contributed by atoms with Gasteiger partial charge in [-0.1, -0.05) is 27.7 Å². The van der Waals surface area contributed by atoms with Crippen molar-refractivity contribution in [1.29, 1.82) is 0 Å². The first-order valence-electron chi connectivity index (χ1n) is 15.6. The number of aliphatic hydroxyl groups is 3. The molecule has 0 heterocycles. The van der Waals surface area contributed by atoms with Crippen LogP contribution < -0.4 is 43.4 Å². The van der Waals surface area contributed by atoms with Crippen molar-refractivity contribution in [2.75, 3.05) is 13.2 Å². The van der Waals surface area contributed by atoms with Gasteiger partial charge in [-0.2, -0.15) is 0 Å². The molecule has 0 aliphatic rings. The van der Waals surface area contributed by atoms with Gasteiger partial charge in [-0.15, -0.1) is 0 Å². The Bertz CT molecular complexity index is 1180. The lowest BCUT2D eigenvalue weighted by Crippen LogP contribution is -2.62. The molecule has 14 N–H and O–H groups in total. The number of carbonyl (C=O) groups excluding carboxylic acids is 7. The van der Waals surface area contributed by atoms with Gasteiger partial charge in [0.05, 0.1) is 31.8 Å². The summed E-state index contributed by atoms with van der Waals surface area (Å²) in [6.45, 7) is 7.55. The zero-order valence-corrected chi connectivity index (χ0v) is 28.5. The number of aliphatic hydroxyl groups excluding tert-OH is 3. The number of carboxylic acid groups (broad SMARTS) is 1. The minimum Gasteiger partial charge on any atom is -0.480 e. The summed E-state index contributed by atoms with van der Waals surface area (Å²) < 4.78 is 0. The van der Waals surface area contributed by atoms with Crippen molar-refractivity contribution in [2.24, 2.45) is 23.3 Å². The summed E-state index contributed by atoms with van der Waals surface area (Å²) in [6.07, 6.45) is -1.97. The number of carbonyl (C=O) groups is 8. The predicted molar refractivity (Wildman–Crippen MR) is 171 cm³/mol. The van der Waals surface area contributed by atoms with Crippen LogP contribution in [0.5, 0.6) is 0 Å². The lowest BCUT2D eigenvalue weighted by molar-refractivity contribution is -0.143. The predicted octanol–water partition coefficient (Wildman–Crippen LogP) is -5.34. The number of nitrogens with two attached hydrogens (primary N) is 2. The Kier molecular flexibility index (Phi) is 19.6.